The number of carbonyl (C=O) groups excluding carboxylic acids is 2. The van der Waals surface area contributed by atoms with Gasteiger partial charge in [0.2, 0.25) is 11.8 Å². The third kappa shape index (κ3) is 3.43. The molecule has 1 aliphatic carbocycles. The van der Waals surface area contributed by atoms with Crippen molar-refractivity contribution in [3.63, 3.8) is 0 Å². The average Bonchev–Trinajstić information content (AvgIpc) is 3.17. The van der Waals surface area contributed by atoms with Crippen molar-refractivity contribution in [2.75, 3.05) is 31.5 Å². The van der Waals surface area contributed by atoms with Crippen molar-refractivity contribution in [2.24, 2.45) is 0 Å². The van der Waals surface area contributed by atoms with Crippen LogP contribution in [0.2, 0.25) is 0 Å². The SMILES string of the molecule is O=C1Nc2ccccc2C1CC(=O)N1CCCN(C2CCCC2)CC1. The van der Waals surface area contributed by atoms with Gasteiger partial charge in [0.25, 0.3) is 0 Å². The van der Waals surface area contributed by atoms with Crippen LogP contribution in [0.3, 0.4) is 0 Å². The summed E-state index contributed by atoms with van der Waals surface area (Å²) in [4.78, 5) is 29.6. The monoisotopic (exact) mass is 341 g/mol. The Hall–Kier alpha value is -1.88. The summed E-state index contributed by atoms with van der Waals surface area (Å²) in [5.41, 5.74) is 1.82. The molecule has 1 saturated carbocycles. The van der Waals surface area contributed by atoms with Crippen molar-refractivity contribution >= 4 is 17.5 Å². The van der Waals surface area contributed by atoms with Crippen LogP contribution in [-0.2, 0) is 9.59 Å². The first kappa shape index (κ1) is 16.6. The third-order valence-electron chi connectivity index (χ3n) is 6.01. The minimum atomic E-state index is -0.335. The van der Waals surface area contributed by atoms with Crippen molar-refractivity contribution in [1.29, 1.82) is 0 Å². The van der Waals surface area contributed by atoms with Crippen LogP contribution in [0.1, 0.15) is 50.0 Å². The van der Waals surface area contributed by atoms with Crippen molar-refractivity contribution in [3.8, 4) is 0 Å². The van der Waals surface area contributed by atoms with E-state index in [0.29, 0.717) is 0 Å². The molecule has 1 atom stereocenters. The minimum absolute atomic E-state index is 0.0445. The van der Waals surface area contributed by atoms with Crippen LogP contribution in [0.15, 0.2) is 24.3 Å². The Bertz CT molecular complexity index is 654. The van der Waals surface area contributed by atoms with Gasteiger partial charge >= 0.3 is 0 Å². The Morgan fingerprint density at radius 3 is 2.68 bits per heavy atom. The van der Waals surface area contributed by atoms with Gasteiger partial charge in [-0.05, 0) is 30.9 Å². The van der Waals surface area contributed by atoms with E-state index in [0.717, 1.165) is 49.9 Å². The van der Waals surface area contributed by atoms with Gasteiger partial charge in [-0.1, -0.05) is 31.0 Å². The van der Waals surface area contributed by atoms with Gasteiger partial charge in [0.1, 0.15) is 0 Å². The maximum Gasteiger partial charge on any atom is 0.232 e. The van der Waals surface area contributed by atoms with Gasteiger partial charge in [-0.15, -0.1) is 0 Å². The second-order valence-electron chi connectivity index (χ2n) is 7.54. The molecule has 4 rings (SSSR count). The molecule has 25 heavy (non-hydrogen) atoms. The van der Waals surface area contributed by atoms with Crippen molar-refractivity contribution in [2.45, 2.75) is 50.5 Å². The maximum atomic E-state index is 12.8. The highest BCUT2D eigenvalue weighted by Gasteiger charge is 2.34. The number of benzene rings is 1. The molecule has 0 aromatic heterocycles. The zero-order chi connectivity index (χ0) is 17.2. The number of rotatable bonds is 3. The Labute approximate surface area is 149 Å². The van der Waals surface area contributed by atoms with Crippen LogP contribution in [-0.4, -0.2) is 53.8 Å². The minimum Gasteiger partial charge on any atom is -0.341 e. The van der Waals surface area contributed by atoms with E-state index in [1.54, 1.807) is 0 Å². The normalized spacial score (nSPS) is 24.9. The van der Waals surface area contributed by atoms with E-state index in [-0.39, 0.29) is 24.2 Å². The Balaban J connectivity index is 1.37. The lowest BCUT2D eigenvalue weighted by Gasteiger charge is -2.27. The molecule has 3 aliphatic rings. The Kier molecular flexibility index (Phi) is 4.75. The fraction of sp³-hybridized carbons (Fsp3) is 0.600. The topological polar surface area (TPSA) is 52.7 Å². The molecule has 134 valence electrons. The van der Waals surface area contributed by atoms with Gasteiger partial charge in [0.05, 0.1) is 5.92 Å². The maximum absolute atomic E-state index is 12.8. The molecule has 1 N–H and O–H groups in total. The molecule has 2 amide bonds. The lowest BCUT2D eigenvalue weighted by atomic mass is 9.96. The number of amides is 2. The molecule has 0 bridgehead atoms. The zero-order valence-electron chi connectivity index (χ0n) is 14.7. The fourth-order valence-electron chi connectivity index (χ4n) is 4.60. The average molecular weight is 341 g/mol. The standard InChI is InChI=1S/C20H27N3O2/c24-19(14-17-16-8-3-4-9-18(16)21-20(17)25)23-11-5-10-22(12-13-23)15-6-1-2-7-15/h3-4,8-9,15,17H,1-2,5-7,10-14H2,(H,21,25). The first-order valence-electron chi connectivity index (χ1n) is 9.64. The van der Waals surface area contributed by atoms with Crippen LogP contribution in [0.25, 0.3) is 0 Å². The number of nitrogens with zero attached hydrogens (tertiary/aromatic N) is 2. The number of hydrogen-bond acceptors (Lipinski definition) is 3. The molecule has 1 aromatic rings. The van der Waals surface area contributed by atoms with Gasteiger partial charge in [-0.3, -0.25) is 14.5 Å². The smallest absolute Gasteiger partial charge is 0.232 e. The van der Waals surface area contributed by atoms with E-state index >= 15 is 0 Å². The van der Waals surface area contributed by atoms with Crippen molar-refractivity contribution in [1.82, 2.24) is 9.80 Å². The van der Waals surface area contributed by atoms with Gasteiger partial charge in [0.15, 0.2) is 0 Å². The number of fused-ring (bicyclic) bond motifs is 1. The van der Waals surface area contributed by atoms with Crippen LogP contribution in [0.5, 0.6) is 0 Å². The second-order valence-corrected chi connectivity index (χ2v) is 7.54. The summed E-state index contributed by atoms with van der Waals surface area (Å²) in [5, 5.41) is 2.89. The molecule has 1 aromatic carbocycles. The molecule has 5 heteroatoms. The van der Waals surface area contributed by atoms with Gasteiger partial charge in [0, 0.05) is 44.3 Å². The molecule has 0 spiro atoms. The van der Waals surface area contributed by atoms with Gasteiger partial charge in [-0.2, -0.15) is 0 Å². The number of carbonyl (C=O) groups is 2. The van der Waals surface area contributed by atoms with Crippen LogP contribution in [0.4, 0.5) is 5.69 Å². The molecular formula is C20H27N3O2. The Morgan fingerprint density at radius 2 is 1.84 bits per heavy atom. The highest BCUT2D eigenvalue weighted by Crippen LogP contribution is 2.34. The lowest BCUT2D eigenvalue weighted by Crippen LogP contribution is -2.39. The molecule has 2 aliphatic heterocycles. The van der Waals surface area contributed by atoms with Crippen LogP contribution >= 0.6 is 0 Å². The lowest BCUT2D eigenvalue weighted by molar-refractivity contribution is -0.133. The first-order valence-corrected chi connectivity index (χ1v) is 9.64. The van der Waals surface area contributed by atoms with E-state index in [1.807, 2.05) is 29.2 Å². The van der Waals surface area contributed by atoms with Crippen LogP contribution < -0.4 is 5.32 Å². The Morgan fingerprint density at radius 1 is 1.04 bits per heavy atom. The molecule has 2 heterocycles. The van der Waals surface area contributed by atoms with E-state index in [9.17, 15) is 9.59 Å². The molecule has 1 unspecified atom stereocenters. The first-order chi connectivity index (χ1) is 12.2. The highest BCUT2D eigenvalue weighted by atomic mass is 16.2. The summed E-state index contributed by atoms with van der Waals surface area (Å²) < 4.78 is 0. The predicted molar refractivity (Wildman–Crippen MR) is 97.5 cm³/mol. The van der Waals surface area contributed by atoms with Gasteiger partial charge in [-0.25, -0.2) is 0 Å². The molecule has 2 fully saturated rings. The largest absolute Gasteiger partial charge is 0.341 e. The second kappa shape index (κ2) is 7.16. The van der Waals surface area contributed by atoms with E-state index < -0.39 is 0 Å². The summed E-state index contributed by atoms with van der Waals surface area (Å²) in [5.74, 6) is -0.264. The molecule has 1 saturated heterocycles. The molecular weight excluding hydrogens is 314 g/mol. The summed E-state index contributed by atoms with van der Waals surface area (Å²) >= 11 is 0. The summed E-state index contributed by atoms with van der Waals surface area (Å²) in [6.45, 7) is 3.69. The van der Waals surface area contributed by atoms with Crippen LogP contribution in [0, 0.1) is 0 Å². The third-order valence-corrected chi connectivity index (χ3v) is 6.01. The van der Waals surface area contributed by atoms with Gasteiger partial charge < -0.3 is 10.2 Å². The number of para-hydroxylation sites is 1. The highest BCUT2D eigenvalue weighted by molar-refractivity contribution is 6.04. The van der Waals surface area contributed by atoms with E-state index in [2.05, 4.69) is 10.2 Å². The number of nitrogens with one attached hydrogen (secondary N) is 1. The molecule has 0 radical (unpaired) electrons. The van der Waals surface area contributed by atoms with Crippen molar-refractivity contribution in [3.05, 3.63) is 29.8 Å². The number of anilines is 1. The quantitative estimate of drug-likeness (QED) is 0.919. The van der Waals surface area contributed by atoms with E-state index in [1.165, 1.54) is 25.7 Å². The summed E-state index contributed by atoms with van der Waals surface area (Å²) in [6, 6.07) is 8.43. The summed E-state index contributed by atoms with van der Waals surface area (Å²) in [6.07, 6.45) is 6.64. The predicted octanol–water partition coefficient (Wildman–Crippen LogP) is 2.59. The number of hydrogen-bond donors (Lipinski definition) is 1. The zero-order valence-corrected chi connectivity index (χ0v) is 14.7. The fourth-order valence-corrected chi connectivity index (χ4v) is 4.60. The summed E-state index contributed by atoms with van der Waals surface area (Å²) in [7, 11) is 0. The van der Waals surface area contributed by atoms with E-state index in [4.69, 9.17) is 0 Å². The van der Waals surface area contributed by atoms with Crippen molar-refractivity contribution < 1.29 is 9.59 Å². The molecule has 5 nitrogen and oxygen atoms in total.